The third-order valence-electron chi connectivity index (χ3n) is 4.79. The zero-order valence-electron chi connectivity index (χ0n) is 15.8. The number of benzene rings is 2. The van der Waals surface area contributed by atoms with Crippen LogP contribution >= 0.6 is 0 Å². The predicted octanol–water partition coefficient (Wildman–Crippen LogP) is 3.69. The molecule has 0 radical (unpaired) electrons. The maximum atomic E-state index is 14.6. The van der Waals surface area contributed by atoms with E-state index < -0.39 is 26.6 Å². The van der Waals surface area contributed by atoms with E-state index in [0.717, 1.165) is 23.1 Å². The molecule has 154 valence electrons. The summed E-state index contributed by atoms with van der Waals surface area (Å²) in [6.45, 7) is -0.168. The summed E-state index contributed by atoms with van der Waals surface area (Å²) in [6, 6.07) is 12.6. The van der Waals surface area contributed by atoms with Crippen LogP contribution in [0.4, 0.5) is 8.78 Å². The van der Waals surface area contributed by atoms with Crippen LogP contribution in [0.1, 0.15) is 5.56 Å². The summed E-state index contributed by atoms with van der Waals surface area (Å²) in [6.07, 6.45) is 3.30. The molecule has 6 nitrogen and oxygen atoms in total. The first-order chi connectivity index (χ1) is 14.3. The van der Waals surface area contributed by atoms with Crippen molar-refractivity contribution < 1.29 is 21.9 Å². The standard InChI is InChI=1S/C21H17F2N3O3S/c1-29-21-19(13-5-3-2-4-6-13)20-14(11-25-21)7-8-26(20)12-16-17(22)9-15(10-18(16)23)30(24,27)28/h2-11H,12H2,1H3,(H2,24,27,28). The fraction of sp³-hybridized carbons (Fsp3) is 0.0952. The number of sulfonamides is 1. The maximum absolute atomic E-state index is 14.6. The number of aromatic nitrogens is 2. The van der Waals surface area contributed by atoms with Crippen LogP contribution in [0.15, 0.2) is 65.8 Å². The Hall–Kier alpha value is -3.30. The largest absolute Gasteiger partial charge is 0.480 e. The Kier molecular flexibility index (Phi) is 5.00. The Morgan fingerprint density at radius 1 is 1.10 bits per heavy atom. The first-order valence-electron chi connectivity index (χ1n) is 8.87. The van der Waals surface area contributed by atoms with Gasteiger partial charge in [0.25, 0.3) is 0 Å². The van der Waals surface area contributed by atoms with E-state index >= 15 is 0 Å². The lowest BCUT2D eigenvalue weighted by Gasteiger charge is -2.14. The zero-order chi connectivity index (χ0) is 21.5. The normalized spacial score (nSPS) is 11.7. The minimum absolute atomic E-state index is 0.168. The fourth-order valence-corrected chi connectivity index (χ4v) is 3.93. The van der Waals surface area contributed by atoms with E-state index in [1.807, 2.05) is 30.3 Å². The maximum Gasteiger partial charge on any atom is 0.238 e. The van der Waals surface area contributed by atoms with Crippen molar-refractivity contribution in [3.63, 3.8) is 0 Å². The summed E-state index contributed by atoms with van der Waals surface area (Å²) >= 11 is 0. The van der Waals surface area contributed by atoms with Crippen molar-refractivity contribution in [3.8, 4) is 17.0 Å². The highest BCUT2D eigenvalue weighted by Crippen LogP contribution is 2.36. The Balaban J connectivity index is 1.90. The van der Waals surface area contributed by atoms with Crippen LogP contribution in [0.5, 0.6) is 5.88 Å². The number of primary sulfonamides is 1. The minimum atomic E-state index is -4.22. The number of fused-ring (bicyclic) bond motifs is 1. The summed E-state index contributed by atoms with van der Waals surface area (Å²) in [5.74, 6) is -1.62. The highest BCUT2D eigenvalue weighted by molar-refractivity contribution is 7.89. The van der Waals surface area contributed by atoms with Gasteiger partial charge in [0.05, 0.1) is 29.6 Å². The zero-order valence-corrected chi connectivity index (χ0v) is 16.7. The molecule has 0 bridgehead atoms. The molecule has 0 aliphatic heterocycles. The molecule has 0 unspecified atom stereocenters. The van der Waals surface area contributed by atoms with E-state index in [1.54, 1.807) is 23.0 Å². The van der Waals surface area contributed by atoms with Crippen molar-refractivity contribution in [2.75, 3.05) is 7.11 Å². The molecule has 30 heavy (non-hydrogen) atoms. The van der Waals surface area contributed by atoms with Gasteiger partial charge in [-0.1, -0.05) is 30.3 Å². The van der Waals surface area contributed by atoms with Gasteiger partial charge in [0, 0.05) is 23.3 Å². The molecule has 4 rings (SSSR count). The number of methoxy groups -OCH3 is 1. The molecule has 0 fully saturated rings. The minimum Gasteiger partial charge on any atom is -0.480 e. The van der Waals surface area contributed by atoms with Crippen molar-refractivity contribution >= 4 is 20.9 Å². The van der Waals surface area contributed by atoms with Gasteiger partial charge in [0.15, 0.2) is 0 Å². The van der Waals surface area contributed by atoms with Crippen LogP contribution in [0.2, 0.25) is 0 Å². The van der Waals surface area contributed by atoms with Crippen LogP contribution in [-0.2, 0) is 16.6 Å². The van der Waals surface area contributed by atoms with Gasteiger partial charge >= 0.3 is 0 Å². The molecule has 2 aromatic heterocycles. The first kappa shape index (κ1) is 20.0. The monoisotopic (exact) mass is 429 g/mol. The summed E-state index contributed by atoms with van der Waals surface area (Å²) in [7, 11) is -2.73. The number of ether oxygens (including phenoxy) is 1. The molecule has 0 aliphatic carbocycles. The van der Waals surface area contributed by atoms with Crippen molar-refractivity contribution in [3.05, 3.63) is 78.1 Å². The molecule has 2 heterocycles. The van der Waals surface area contributed by atoms with E-state index in [2.05, 4.69) is 4.98 Å². The molecule has 0 amide bonds. The highest BCUT2D eigenvalue weighted by atomic mass is 32.2. The van der Waals surface area contributed by atoms with E-state index in [-0.39, 0.29) is 12.1 Å². The van der Waals surface area contributed by atoms with E-state index in [4.69, 9.17) is 9.88 Å². The number of halogens is 2. The lowest BCUT2D eigenvalue weighted by Crippen LogP contribution is -2.14. The predicted molar refractivity (Wildman–Crippen MR) is 109 cm³/mol. The molecule has 0 atom stereocenters. The first-order valence-corrected chi connectivity index (χ1v) is 10.4. The Morgan fingerprint density at radius 2 is 1.77 bits per heavy atom. The second kappa shape index (κ2) is 7.51. The van der Waals surface area contributed by atoms with Crippen molar-refractivity contribution in [1.82, 2.24) is 9.55 Å². The molecule has 9 heteroatoms. The summed E-state index contributed by atoms with van der Waals surface area (Å²) in [5.41, 5.74) is 1.91. The average Bonchev–Trinajstić information content (AvgIpc) is 3.12. The third-order valence-corrected chi connectivity index (χ3v) is 5.69. The highest BCUT2D eigenvalue weighted by Gasteiger charge is 2.20. The summed E-state index contributed by atoms with van der Waals surface area (Å²) in [5, 5.41) is 5.74. The SMILES string of the molecule is COc1ncc2ccn(Cc3c(F)cc(S(N)(=O)=O)cc3F)c2c1-c1ccccc1. The quantitative estimate of drug-likeness (QED) is 0.524. The van der Waals surface area contributed by atoms with Gasteiger partial charge in [-0.3, -0.25) is 0 Å². The summed E-state index contributed by atoms with van der Waals surface area (Å²) < 4.78 is 59.1. The molecular formula is C21H17F2N3O3S. The van der Waals surface area contributed by atoms with E-state index in [9.17, 15) is 17.2 Å². The number of pyridine rings is 1. The number of nitrogens with zero attached hydrogens (tertiary/aromatic N) is 2. The smallest absolute Gasteiger partial charge is 0.238 e. The molecule has 2 aromatic carbocycles. The second-order valence-electron chi connectivity index (χ2n) is 6.67. The van der Waals surface area contributed by atoms with Crippen molar-refractivity contribution in [1.29, 1.82) is 0 Å². The van der Waals surface area contributed by atoms with Gasteiger partial charge in [-0.25, -0.2) is 27.3 Å². The van der Waals surface area contributed by atoms with Gasteiger partial charge in [-0.15, -0.1) is 0 Å². The van der Waals surface area contributed by atoms with Gasteiger partial charge in [0.1, 0.15) is 11.6 Å². The van der Waals surface area contributed by atoms with E-state index in [1.165, 1.54) is 7.11 Å². The van der Waals surface area contributed by atoms with Crippen LogP contribution in [0.25, 0.3) is 22.0 Å². The van der Waals surface area contributed by atoms with Crippen molar-refractivity contribution in [2.45, 2.75) is 11.4 Å². The van der Waals surface area contributed by atoms with Crippen LogP contribution in [-0.4, -0.2) is 25.1 Å². The van der Waals surface area contributed by atoms with Crippen molar-refractivity contribution in [2.24, 2.45) is 5.14 Å². The van der Waals surface area contributed by atoms with Crippen LogP contribution < -0.4 is 9.88 Å². The third kappa shape index (κ3) is 3.53. The fourth-order valence-electron chi connectivity index (χ4n) is 3.39. The molecule has 2 N–H and O–H groups in total. The number of hydrogen-bond donors (Lipinski definition) is 1. The molecule has 0 saturated heterocycles. The second-order valence-corrected chi connectivity index (χ2v) is 8.23. The molecule has 0 spiro atoms. The Labute approximate surface area is 171 Å². The lowest BCUT2D eigenvalue weighted by molar-refractivity contribution is 0.400. The van der Waals surface area contributed by atoms with Crippen LogP contribution in [0, 0.1) is 11.6 Å². The number of nitrogens with two attached hydrogens (primary N) is 1. The van der Waals surface area contributed by atoms with Gasteiger partial charge in [-0.2, -0.15) is 0 Å². The van der Waals surface area contributed by atoms with Gasteiger partial charge in [0.2, 0.25) is 15.9 Å². The molecular weight excluding hydrogens is 412 g/mol. The average molecular weight is 429 g/mol. The van der Waals surface area contributed by atoms with Crippen LogP contribution in [0.3, 0.4) is 0 Å². The Morgan fingerprint density at radius 3 is 2.37 bits per heavy atom. The van der Waals surface area contributed by atoms with Gasteiger partial charge in [-0.05, 0) is 23.8 Å². The Bertz CT molecular complexity index is 1330. The molecule has 4 aromatic rings. The number of hydrogen-bond acceptors (Lipinski definition) is 4. The topological polar surface area (TPSA) is 87.2 Å². The number of rotatable bonds is 5. The van der Waals surface area contributed by atoms with E-state index in [0.29, 0.717) is 17.0 Å². The molecule has 0 saturated carbocycles. The van der Waals surface area contributed by atoms with Gasteiger partial charge < -0.3 is 9.30 Å². The lowest BCUT2D eigenvalue weighted by atomic mass is 10.0. The summed E-state index contributed by atoms with van der Waals surface area (Å²) in [4.78, 5) is 3.72. The molecule has 0 aliphatic rings.